The average molecular weight is 500 g/mol. The minimum absolute atomic E-state index is 0.251. The number of aryl methyl sites for hydroxylation is 2. The third kappa shape index (κ3) is 4.66. The highest BCUT2D eigenvalue weighted by molar-refractivity contribution is 6.37. The molecule has 9 heteroatoms. The number of alkyl halides is 3. The molecule has 1 N–H and O–H groups in total. The monoisotopic (exact) mass is 499 g/mol. The predicted molar refractivity (Wildman–Crippen MR) is 121 cm³/mol. The quantitative estimate of drug-likeness (QED) is 0.409. The van der Waals surface area contributed by atoms with Crippen molar-refractivity contribution >= 4 is 40.1 Å². The van der Waals surface area contributed by atoms with Gasteiger partial charge in [-0.3, -0.25) is 4.79 Å². The molecule has 1 aliphatic carbocycles. The molecule has 0 saturated heterocycles. The van der Waals surface area contributed by atoms with E-state index in [0.717, 1.165) is 23.2 Å². The van der Waals surface area contributed by atoms with Crippen molar-refractivity contribution in [3.8, 4) is 5.75 Å². The van der Waals surface area contributed by atoms with Gasteiger partial charge in [0, 0.05) is 35.1 Å². The number of fused-ring (bicyclic) bond motifs is 1. The van der Waals surface area contributed by atoms with Crippen LogP contribution in [-0.4, -0.2) is 21.7 Å². The average Bonchev–Trinajstić information content (AvgIpc) is 3.32. The number of benzene rings is 2. The zero-order valence-electron chi connectivity index (χ0n) is 18.0. The summed E-state index contributed by atoms with van der Waals surface area (Å²) in [4.78, 5) is 11.2. The first-order valence-corrected chi connectivity index (χ1v) is 11.2. The van der Waals surface area contributed by atoms with Crippen LogP contribution in [0.25, 0.3) is 10.9 Å². The molecule has 1 heterocycles. The second-order valence-electron chi connectivity index (χ2n) is 8.52. The van der Waals surface area contributed by atoms with Crippen LogP contribution in [0.3, 0.4) is 0 Å². The molecule has 176 valence electrons. The van der Waals surface area contributed by atoms with Crippen LogP contribution >= 0.6 is 23.2 Å². The van der Waals surface area contributed by atoms with Gasteiger partial charge in [0.2, 0.25) is 0 Å². The van der Waals surface area contributed by atoms with Gasteiger partial charge in [-0.25, -0.2) is 0 Å². The summed E-state index contributed by atoms with van der Waals surface area (Å²) < 4.78 is 47.5. The number of aromatic nitrogens is 1. The molecule has 2 atom stereocenters. The molecule has 0 unspecified atom stereocenters. The Balaban J connectivity index is 1.65. The summed E-state index contributed by atoms with van der Waals surface area (Å²) in [5.74, 6) is -0.841. The van der Waals surface area contributed by atoms with Crippen LogP contribution in [0.1, 0.15) is 41.6 Å². The smallest absolute Gasteiger partial charge is 0.416 e. The van der Waals surface area contributed by atoms with Gasteiger partial charge < -0.3 is 14.4 Å². The first kappa shape index (κ1) is 23.8. The normalized spacial score (nSPS) is 18.8. The maximum absolute atomic E-state index is 13.3. The van der Waals surface area contributed by atoms with Crippen molar-refractivity contribution in [2.24, 2.45) is 13.0 Å². The molecular formula is C24H22Cl2F3NO3. The van der Waals surface area contributed by atoms with Crippen LogP contribution in [0.2, 0.25) is 10.0 Å². The number of hydrogen-bond donors (Lipinski definition) is 1. The molecule has 0 radical (unpaired) electrons. The Bertz CT molecular complexity index is 1240. The van der Waals surface area contributed by atoms with Gasteiger partial charge in [-0.05, 0) is 67.6 Å². The lowest BCUT2D eigenvalue weighted by molar-refractivity contribution is -0.141. The Hall–Kier alpha value is -2.38. The zero-order valence-corrected chi connectivity index (χ0v) is 19.5. The fraction of sp³-hybridized carbons (Fsp3) is 0.375. The number of carboxylic acid groups (broad SMARTS) is 1. The predicted octanol–water partition coefficient (Wildman–Crippen LogP) is 7.04. The molecule has 1 fully saturated rings. The van der Waals surface area contributed by atoms with E-state index in [0.29, 0.717) is 58.1 Å². The molecule has 1 aliphatic rings. The maximum atomic E-state index is 13.3. The van der Waals surface area contributed by atoms with Crippen molar-refractivity contribution < 1.29 is 27.8 Å². The third-order valence-electron chi connectivity index (χ3n) is 6.33. The highest BCUT2D eigenvalue weighted by atomic mass is 35.5. The van der Waals surface area contributed by atoms with Crippen LogP contribution in [-0.2, 0) is 24.4 Å². The van der Waals surface area contributed by atoms with Crippen LogP contribution in [0, 0.1) is 12.8 Å². The summed E-state index contributed by atoms with van der Waals surface area (Å²) in [6.07, 6.45) is -2.81. The number of rotatable bonds is 5. The first-order chi connectivity index (χ1) is 15.5. The molecule has 0 bridgehead atoms. The van der Waals surface area contributed by atoms with E-state index in [9.17, 15) is 23.1 Å². The molecule has 33 heavy (non-hydrogen) atoms. The second-order valence-corrected chi connectivity index (χ2v) is 9.31. The molecule has 3 aromatic rings. The molecule has 2 aromatic carbocycles. The fourth-order valence-electron chi connectivity index (χ4n) is 4.46. The Morgan fingerprint density at radius 2 is 1.94 bits per heavy atom. The van der Waals surface area contributed by atoms with Crippen LogP contribution in [0.15, 0.2) is 30.3 Å². The second kappa shape index (κ2) is 8.76. The van der Waals surface area contributed by atoms with E-state index in [2.05, 4.69) is 0 Å². The Morgan fingerprint density at radius 3 is 2.58 bits per heavy atom. The lowest BCUT2D eigenvalue weighted by Gasteiger charge is -2.17. The van der Waals surface area contributed by atoms with Gasteiger partial charge in [0.1, 0.15) is 5.75 Å². The lowest BCUT2D eigenvalue weighted by atomic mass is 10.1. The highest BCUT2D eigenvalue weighted by Crippen LogP contribution is 2.39. The molecule has 1 aromatic heterocycles. The molecule has 0 aliphatic heterocycles. The van der Waals surface area contributed by atoms with Crippen molar-refractivity contribution in [2.45, 2.75) is 44.9 Å². The number of carbonyl (C=O) groups is 1. The molecule has 0 amide bonds. The number of halogens is 5. The largest absolute Gasteiger partial charge is 0.489 e. The van der Waals surface area contributed by atoms with Gasteiger partial charge in [0.25, 0.3) is 0 Å². The van der Waals surface area contributed by atoms with Gasteiger partial charge in [-0.1, -0.05) is 23.2 Å². The van der Waals surface area contributed by atoms with E-state index in [1.807, 2.05) is 6.07 Å². The topological polar surface area (TPSA) is 51.5 Å². The molecule has 0 spiro atoms. The van der Waals surface area contributed by atoms with Crippen LogP contribution in [0.4, 0.5) is 13.2 Å². The van der Waals surface area contributed by atoms with Crippen molar-refractivity contribution in [1.29, 1.82) is 0 Å². The van der Waals surface area contributed by atoms with Crippen molar-refractivity contribution in [3.05, 3.63) is 62.8 Å². The van der Waals surface area contributed by atoms with Crippen molar-refractivity contribution in [2.75, 3.05) is 0 Å². The van der Waals surface area contributed by atoms with Gasteiger partial charge >= 0.3 is 12.1 Å². The summed E-state index contributed by atoms with van der Waals surface area (Å²) in [7, 11) is 1.71. The Morgan fingerprint density at radius 1 is 1.21 bits per heavy atom. The van der Waals surface area contributed by atoms with E-state index in [-0.39, 0.29) is 6.10 Å². The summed E-state index contributed by atoms with van der Waals surface area (Å²) in [6, 6.07) is 7.46. The summed E-state index contributed by atoms with van der Waals surface area (Å²) in [6.45, 7) is 1.65. The highest BCUT2D eigenvalue weighted by Gasteiger charge is 2.33. The molecule has 4 nitrogen and oxygen atoms in total. The van der Waals surface area contributed by atoms with Crippen molar-refractivity contribution in [1.82, 2.24) is 4.57 Å². The lowest BCUT2D eigenvalue weighted by Crippen LogP contribution is -2.16. The first-order valence-electron chi connectivity index (χ1n) is 10.5. The van der Waals surface area contributed by atoms with Gasteiger partial charge in [-0.15, -0.1) is 0 Å². The summed E-state index contributed by atoms with van der Waals surface area (Å²) >= 11 is 13.0. The van der Waals surface area contributed by atoms with Gasteiger partial charge in [0.15, 0.2) is 0 Å². The standard InChI is InChI=1S/C24H22Cl2F3NO3/c1-12-7-14(24(27,28)29)9-20-17(12)10-15(30(20)2)11-18-19(25)5-6-21(22(18)26)33-16-4-3-13(8-16)23(31)32/h5-7,9-10,13,16H,3-4,8,11H2,1-2H3,(H,31,32)/t13-,16+/m1/s1. The maximum Gasteiger partial charge on any atom is 0.416 e. The van der Waals surface area contributed by atoms with Crippen molar-refractivity contribution in [3.63, 3.8) is 0 Å². The van der Waals surface area contributed by atoms with E-state index in [4.69, 9.17) is 27.9 Å². The Labute approximate surface area is 198 Å². The number of hydrogen-bond acceptors (Lipinski definition) is 2. The summed E-state index contributed by atoms with van der Waals surface area (Å²) in [5, 5.41) is 10.7. The molecule has 1 saturated carbocycles. The van der Waals surface area contributed by atoms with Crippen LogP contribution in [0.5, 0.6) is 5.75 Å². The number of aliphatic carboxylic acids is 1. The fourth-order valence-corrected chi connectivity index (χ4v) is 5.01. The van der Waals surface area contributed by atoms with E-state index < -0.39 is 23.6 Å². The summed E-state index contributed by atoms with van der Waals surface area (Å²) in [5.41, 5.74) is 1.67. The Kier molecular flexibility index (Phi) is 6.31. The minimum atomic E-state index is -4.43. The number of ether oxygens (including phenoxy) is 1. The molecule has 4 rings (SSSR count). The van der Waals surface area contributed by atoms with Gasteiger partial charge in [0.05, 0.1) is 22.6 Å². The van der Waals surface area contributed by atoms with Crippen LogP contribution < -0.4 is 4.74 Å². The number of nitrogens with zero attached hydrogens (tertiary/aromatic N) is 1. The SMILES string of the molecule is Cc1cc(C(F)(F)F)cc2c1cc(Cc1c(Cl)ccc(O[C@H]3CC[C@@H](C(=O)O)C3)c1Cl)n2C. The zero-order chi connectivity index (χ0) is 24.1. The van der Waals surface area contributed by atoms with Gasteiger partial charge in [-0.2, -0.15) is 13.2 Å². The van der Waals surface area contributed by atoms with E-state index >= 15 is 0 Å². The number of carboxylic acids is 1. The third-order valence-corrected chi connectivity index (χ3v) is 7.10. The molecular weight excluding hydrogens is 478 g/mol. The van der Waals surface area contributed by atoms with E-state index in [1.54, 1.807) is 30.7 Å². The minimum Gasteiger partial charge on any atom is -0.489 e. The van der Waals surface area contributed by atoms with E-state index in [1.165, 1.54) is 0 Å².